The Kier molecular flexibility index (Phi) is 5.43. The molecular weight excluding hydrogens is 317 g/mol. The molecule has 1 saturated heterocycles. The van der Waals surface area contributed by atoms with Crippen molar-refractivity contribution in [2.75, 3.05) is 20.2 Å². The number of hydrogen-bond donors (Lipinski definition) is 2. The Balaban J connectivity index is 2.29. The second-order valence-corrected chi connectivity index (χ2v) is 6.09. The van der Waals surface area contributed by atoms with E-state index in [9.17, 15) is 24.2 Å². The number of methoxy groups -OCH3 is 1. The number of aliphatic hydroxyl groups excluding tert-OH is 1. The Hall–Kier alpha value is -2.15. The van der Waals surface area contributed by atoms with Gasteiger partial charge in [0.25, 0.3) is 5.91 Å². The molecule has 1 aliphatic rings. The second-order valence-electron chi connectivity index (χ2n) is 6.09. The fraction of sp³-hybridized carbons (Fsp3) is 0.529. The van der Waals surface area contributed by atoms with Crippen LogP contribution in [0, 0.1) is 11.2 Å². The Labute approximate surface area is 139 Å². The van der Waals surface area contributed by atoms with Crippen molar-refractivity contribution in [3.63, 3.8) is 0 Å². The first kappa shape index (κ1) is 18.2. The highest BCUT2D eigenvalue weighted by atomic mass is 19.1. The number of nitrogens with zero attached hydrogens (tertiary/aromatic N) is 1. The fourth-order valence-corrected chi connectivity index (χ4v) is 3.23. The van der Waals surface area contributed by atoms with Crippen LogP contribution in [-0.4, -0.2) is 53.3 Å². The maximum Gasteiger partial charge on any atom is 0.314 e. The molecule has 0 spiro atoms. The van der Waals surface area contributed by atoms with Crippen molar-refractivity contribution in [3.8, 4) is 5.75 Å². The molecule has 0 saturated carbocycles. The van der Waals surface area contributed by atoms with Gasteiger partial charge in [0.2, 0.25) is 0 Å². The molecule has 1 aromatic carbocycles. The van der Waals surface area contributed by atoms with E-state index in [2.05, 4.69) is 0 Å². The number of halogens is 1. The van der Waals surface area contributed by atoms with E-state index in [0.29, 0.717) is 12.2 Å². The van der Waals surface area contributed by atoms with E-state index in [-0.39, 0.29) is 31.5 Å². The van der Waals surface area contributed by atoms with E-state index in [4.69, 9.17) is 4.74 Å². The van der Waals surface area contributed by atoms with E-state index in [0.717, 1.165) is 6.07 Å². The van der Waals surface area contributed by atoms with Crippen molar-refractivity contribution in [2.24, 2.45) is 5.41 Å². The number of hydrogen-bond acceptors (Lipinski definition) is 4. The van der Waals surface area contributed by atoms with Gasteiger partial charge in [0.05, 0.1) is 18.8 Å². The summed E-state index contributed by atoms with van der Waals surface area (Å²) in [6.07, 6.45) is -0.0732. The van der Waals surface area contributed by atoms with Gasteiger partial charge in [-0.3, -0.25) is 9.59 Å². The van der Waals surface area contributed by atoms with Crippen LogP contribution in [0.4, 0.5) is 4.39 Å². The maximum atomic E-state index is 14.1. The number of piperidine rings is 1. The van der Waals surface area contributed by atoms with Gasteiger partial charge in [-0.05, 0) is 25.0 Å². The van der Waals surface area contributed by atoms with E-state index in [1.54, 1.807) is 0 Å². The monoisotopic (exact) mass is 339 g/mol. The van der Waals surface area contributed by atoms with E-state index in [1.807, 2.05) is 6.92 Å². The van der Waals surface area contributed by atoms with Gasteiger partial charge in [-0.1, -0.05) is 13.3 Å². The molecule has 1 aliphatic heterocycles. The van der Waals surface area contributed by atoms with Gasteiger partial charge in [-0.25, -0.2) is 4.39 Å². The van der Waals surface area contributed by atoms with Gasteiger partial charge in [-0.15, -0.1) is 0 Å². The molecule has 0 bridgehead atoms. The van der Waals surface area contributed by atoms with Crippen LogP contribution in [0.15, 0.2) is 18.2 Å². The van der Waals surface area contributed by atoms with Gasteiger partial charge < -0.3 is 19.8 Å². The molecule has 1 fully saturated rings. The molecule has 24 heavy (non-hydrogen) atoms. The van der Waals surface area contributed by atoms with Crippen molar-refractivity contribution < 1.29 is 28.9 Å². The summed E-state index contributed by atoms with van der Waals surface area (Å²) < 4.78 is 19.0. The van der Waals surface area contributed by atoms with Gasteiger partial charge in [-0.2, -0.15) is 0 Å². The molecule has 132 valence electrons. The highest BCUT2D eigenvalue weighted by molar-refractivity contribution is 5.95. The minimum Gasteiger partial charge on any atom is -0.497 e. The highest BCUT2D eigenvalue weighted by Crippen LogP contribution is 2.36. The predicted octanol–water partition coefficient (Wildman–Crippen LogP) is 1.91. The Morgan fingerprint density at radius 3 is 2.71 bits per heavy atom. The fourth-order valence-electron chi connectivity index (χ4n) is 3.23. The lowest BCUT2D eigenvalue weighted by atomic mass is 9.74. The summed E-state index contributed by atoms with van der Waals surface area (Å²) in [5.41, 5.74) is -1.55. The van der Waals surface area contributed by atoms with Crippen molar-refractivity contribution in [2.45, 2.75) is 32.3 Å². The standard InChI is InChI=1S/C17H22FNO5/c1-3-7-17(16(22)23)10-19(8-6-14(17)20)15(21)12-5-4-11(24-2)9-13(12)18/h4-5,9,14,20H,3,6-8,10H2,1-2H3,(H,22,23)/t14-,17+/m0/s1. The quantitative estimate of drug-likeness (QED) is 0.856. The molecule has 6 nitrogen and oxygen atoms in total. The van der Waals surface area contributed by atoms with Crippen LogP contribution in [-0.2, 0) is 4.79 Å². The van der Waals surface area contributed by atoms with Crippen LogP contribution in [0.25, 0.3) is 0 Å². The lowest BCUT2D eigenvalue weighted by Gasteiger charge is -2.43. The third-order valence-corrected chi connectivity index (χ3v) is 4.60. The molecule has 0 radical (unpaired) electrons. The number of carboxylic acid groups (broad SMARTS) is 1. The van der Waals surface area contributed by atoms with E-state index in [1.165, 1.54) is 24.1 Å². The number of ether oxygens (including phenoxy) is 1. The first-order chi connectivity index (χ1) is 11.4. The van der Waals surface area contributed by atoms with Crippen molar-refractivity contribution in [1.29, 1.82) is 0 Å². The molecule has 1 amide bonds. The van der Waals surface area contributed by atoms with Crippen LogP contribution in [0.2, 0.25) is 0 Å². The number of carbonyl (C=O) groups excluding carboxylic acids is 1. The van der Waals surface area contributed by atoms with Crippen molar-refractivity contribution in [1.82, 2.24) is 4.90 Å². The van der Waals surface area contributed by atoms with Crippen molar-refractivity contribution in [3.05, 3.63) is 29.6 Å². The summed E-state index contributed by atoms with van der Waals surface area (Å²) in [4.78, 5) is 25.7. The number of aliphatic hydroxyl groups is 1. The number of carbonyl (C=O) groups is 2. The number of benzene rings is 1. The lowest BCUT2D eigenvalue weighted by Crippen LogP contribution is -2.57. The smallest absolute Gasteiger partial charge is 0.314 e. The van der Waals surface area contributed by atoms with Gasteiger partial charge in [0, 0.05) is 19.2 Å². The molecule has 7 heteroatoms. The summed E-state index contributed by atoms with van der Waals surface area (Å²) >= 11 is 0. The third kappa shape index (κ3) is 3.21. The Morgan fingerprint density at radius 1 is 1.46 bits per heavy atom. The van der Waals surface area contributed by atoms with Gasteiger partial charge >= 0.3 is 5.97 Å². The van der Waals surface area contributed by atoms with Crippen LogP contribution in [0.5, 0.6) is 5.75 Å². The molecule has 2 rings (SSSR count). The van der Waals surface area contributed by atoms with Crippen molar-refractivity contribution >= 4 is 11.9 Å². The largest absolute Gasteiger partial charge is 0.497 e. The summed E-state index contributed by atoms with van der Waals surface area (Å²) in [5.74, 6) is -2.14. The molecule has 0 aliphatic carbocycles. The number of rotatable bonds is 5. The van der Waals surface area contributed by atoms with Crippen LogP contribution in [0.1, 0.15) is 36.5 Å². The minimum absolute atomic E-state index is 0.136. The molecule has 1 heterocycles. The summed E-state index contributed by atoms with van der Waals surface area (Å²) in [7, 11) is 1.40. The lowest BCUT2D eigenvalue weighted by molar-refractivity contribution is -0.162. The summed E-state index contributed by atoms with van der Waals surface area (Å²) in [5, 5.41) is 19.8. The van der Waals surface area contributed by atoms with Gasteiger partial charge in [0.1, 0.15) is 17.0 Å². The molecule has 2 atom stereocenters. The summed E-state index contributed by atoms with van der Waals surface area (Å²) in [6, 6.07) is 3.91. The normalized spacial score (nSPS) is 23.8. The van der Waals surface area contributed by atoms with E-state index < -0.39 is 29.2 Å². The minimum atomic E-state index is -1.41. The molecule has 0 aromatic heterocycles. The molecule has 1 aromatic rings. The highest BCUT2D eigenvalue weighted by Gasteiger charge is 2.49. The molecule has 2 N–H and O–H groups in total. The molecule has 0 unspecified atom stereocenters. The Morgan fingerprint density at radius 2 is 2.17 bits per heavy atom. The third-order valence-electron chi connectivity index (χ3n) is 4.60. The van der Waals surface area contributed by atoms with Crippen LogP contribution >= 0.6 is 0 Å². The number of aliphatic carboxylic acids is 1. The van der Waals surface area contributed by atoms with Crippen LogP contribution in [0.3, 0.4) is 0 Å². The summed E-state index contributed by atoms with van der Waals surface area (Å²) in [6.45, 7) is 1.87. The number of likely N-dealkylation sites (tertiary alicyclic amines) is 1. The average Bonchev–Trinajstić information content (AvgIpc) is 2.56. The topological polar surface area (TPSA) is 87.1 Å². The first-order valence-electron chi connectivity index (χ1n) is 7.90. The zero-order valence-corrected chi connectivity index (χ0v) is 13.8. The zero-order valence-electron chi connectivity index (χ0n) is 13.8. The molecular formula is C17H22FNO5. The van der Waals surface area contributed by atoms with Gasteiger partial charge in [0.15, 0.2) is 0 Å². The predicted molar refractivity (Wildman–Crippen MR) is 84.5 cm³/mol. The number of amides is 1. The zero-order chi connectivity index (χ0) is 17.9. The van der Waals surface area contributed by atoms with Crippen LogP contribution < -0.4 is 4.74 Å². The SMILES string of the molecule is CCC[C@@]1(C(=O)O)CN(C(=O)c2ccc(OC)cc2F)CC[C@@H]1O. The maximum absolute atomic E-state index is 14.1. The average molecular weight is 339 g/mol. The Bertz CT molecular complexity index is 635. The first-order valence-corrected chi connectivity index (χ1v) is 7.90. The van der Waals surface area contributed by atoms with E-state index >= 15 is 0 Å². The number of carboxylic acids is 1. The second kappa shape index (κ2) is 7.17.